The molecule has 0 radical (unpaired) electrons. The van der Waals surface area contributed by atoms with Gasteiger partial charge in [0, 0.05) is 45.5 Å². The molecule has 1 aromatic heterocycles. The highest BCUT2D eigenvalue weighted by Gasteiger charge is 2.33. The summed E-state index contributed by atoms with van der Waals surface area (Å²) in [5.74, 6) is -0.775. The van der Waals surface area contributed by atoms with Gasteiger partial charge in [-0.1, -0.05) is 0 Å². The zero-order chi connectivity index (χ0) is 24.3. The molecule has 1 aromatic carbocycles. The van der Waals surface area contributed by atoms with Crippen molar-refractivity contribution in [3.05, 3.63) is 48.5 Å². The first kappa shape index (κ1) is 23.9. The molecule has 13 heteroatoms. The number of nitrogens with zero attached hydrogens (tertiary/aromatic N) is 4. The van der Waals surface area contributed by atoms with Crippen molar-refractivity contribution in [2.75, 3.05) is 49.1 Å². The quantitative estimate of drug-likeness (QED) is 0.604. The van der Waals surface area contributed by atoms with Crippen molar-refractivity contribution in [1.82, 2.24) is 20.1 Å². The molecule has 4 rings (SSSR count). The zero-order valence-corrected chi connectivity index (χ0v) is 19.3. The van der Waals surface area contributed by atoms with Crippen molar-refractivity contribution in [3.63, 3.8) is 0 Å². The Balaban J connectivity index is 1.43. The Hall–Kier alpha value is -3.29. The molecule has 0 aliphatic carbocycles. The smallest absolute Gasteiger partial charge is 0.414 e. The summed E-state index contributed by atoms with van der Waals surface area (Å²) in [6.45, 7) is 2.75. The van der Waals surface area contributed by atoms with Crippen LogP contribution in [0.15, 0.2) is 47.6 Å². The van der Waals surface area contributed by atoms with Crippen molar-refractivity contribution in [3.8, 4) is 0 Å². The van der Waals surface area contributed by atoms with Crippen LogP contribution in [0.3, 0.4) is 0 Å². The molecule has 2 aliphatic heterocycles. The highest BCUT2D eigenvalue weighted by molar-refractivity contribution is 7.89. The first-order valence-electron chi connectivity index (χ1n) is 10.7. The van der Waals surface area contributed by atoms with Gasteiger partial charge in [-0.2, -0.15) is 0 Å². The van der Waals surface area contributed by atoms with Crippen molar-refractivity contribution in [2.45, 2.75) is 17.9 Å². The Morgan fingerprint density at radius 2 is 2.12 bits per heavy atom. The molecule has 34 heavy (non-hydrogen) atoms. The molecule has 0 spiro atoms. The molecule has 2 fully saturated rings. The molecular weight excluding hydrogens is 467 g/mol. The van der Waals surface area contributed by atoms with E-state index in [4.69, 9.17) is 4.74 Å². The number of aromatic nitrogens is 1. The maximum absolute atomic E-state index is 15.1. The number of hydrazine groups is 1. The van der Waals surface area contributed by atoms with Gasteiger partial charge < -0.3 is 15.0 Å². The molecule has 182 valence electrons. The average molecular weight is 493 g/mol. The Bertz CT molecular complexity index is 1170. The summed E-state index contributed by atoms with van der Waals surface area (Å²) in [7, 11) is -3.79. The molecule has 11 nitrogen and oxygen atoms in total. The monoisotopic (exact) mass is 492 g/mol. The van der Waals surface area contributed by atoms with Crippen LogP contribution in [0.1, 0.15) is 6.92 Å². The number of pyridine rings is 1. The first-order valence-corrected chi connectivity index (χ1v) is 12.1. The van der Waals surface area contributed by atoms with Crippen LogP contribution < -0.4 is 20.5 Å². The summed E-state index contributed by atoms with van der Waals surface area (Å²) in [6.07, 6.45) is 1.64. The lowest BCUT2D eigenvalue weighted by Crippen LogP contribution is -2.43. The molecule has 1 atom stereocenters. The number of amides is 2. The largest absolute Gasteiger partial charge is 0.442 e. The van der Waals surface area contributed by atoms with E-state index in [-0.39, 0.29) is 43.5 Å². The highest BCUT2D eigenvalue weighted by atomic mass is 32.2. The fourth-order valence-electron chi connectivity index (χ4n) is 3.80. The number of nitrogens with one attached hydrogen (secondary N) is 2. The molecular formula is C21H25FN6O5S. The zero-order valence-electron chi connectivity index (χ0n) is 18.5. The predicted octanol–water partition coefficient (Wildman–Crippen LogP) is 0.697. The number of sulfonamides is 1. The maximum Gasteiger partial charge on any atom is 0.414 e. The number of rotatable bonds is 6. The summed E-state index contributed by atoms with van der Waals surface area (Å²) >= 11 is 0. The Labute approximate surface area is 196 Å². The third kappa shape index (κ3) is 5.11. The normalized spacial score (nSPS) is 19.6. The molecule has 2 aliphatic rings. The van der Waals surface area contributed by atoms with Gasteiger partial charge in [0.2, 0.25) is 5.91 Å². The van der Waals surface area contributed by atoms with E-state index in [2.05, 4.69) is 15.7 Å². The van der Waals surface area contributed by atoms with Gasteiger partial charge in [0.15, 0.2) is 0 Å². The first-order chi connectivity index (χ1) is 16.3. The highest BCUT2D eigenvalue weighted by Crippen LogP contribution is 2.28. The molecule has 2 amide bonds. The number of carbonyl (C=O) groups excluding carboxylic acids is 2. The predicted molar refractivity (Wildman–Crippen MR) is 121 cm³/mol. The van der Waals surface area contributed by atoms with Crippen molar-refractivity contribution >= 4 is 33.4 Å². The molecule has 3 heterocycles. The van der Waals surface area contributed by atoms with Crippen molar-refractivity contribution < 1.29 is 27.1 Å². The number of cyclic esters (lactones) is 1. The minimum atomic E-state index is -3.79. The van der Waals surface area contributed by atoms with Crippen molar-refractivity contribution in [1.29, 1.82) is 0 Å². The van der Waals surface area contributed by atoms with E-state index in [1.807, 2.05) is 0 Å². The van der Waals surface area contributed by atoms with Gasteiger partial charge in [-0.3, -0.25) is 14.7 Å². The Kier molecular flexibility index (Phi) is 6.95. The van der Waals surface area contributed by atoms with Gasteiger partial charge >= 0.3 is 6.09 Å². The van der Waals surface area contributed by atoms with E-state index in [1.165, 1.54) is 36.4 Å². The fourth-order valence-corrected chi connectivity index (χ4v) is 5.08. The minimum absolute atomic E-state index is 0.0702. The molecule has 2 aromatic rings. The van der Waals surface area contributed by atoms with Crippen LogP contribution >= 0.6 is 0 Å². The maximum atomic E-state index is 15.1. The third-order valence-electron chi connectivity index (χ3n) is 5.50. The van der Waals surface area contributed by atoms with E-state index in [9.17, 15) is 18.0 Å². The van der Waals surface area contributed by atoms with Crippen LogP contribution in [0.2, 0.25) is 0 Å². The summed E-state index contributed by atoms with van der Waals surface area (Å²) in [6, 6.07) is 7.44. The van der Waals surface area contributed by atoms with Crippen molar-refractivity contribution in [2.24, 2.45) is 0 Å². The molecule has 2 saturated heterocycles. The van der Waals surface area contributed by atoms with Crippen LogP contribution in [-0.2, 0) is 19.6 Å². The number of benzene rings is 1. The van der Waals surface area contributed by atoms with Gasteiger partial charge in [-0.15, -0.1) is 4.41 Å². The van der Waals surface area contributed by atoms with E-state index >= 15 is 4.39 Å². The second-order valence-corrected chi connectivity index (χ2v) is 9.71. The van der Waals surface area contributed by atoms with Gasteiger partial charge in [-0.25, -0.2) is 23.0 Å². The number of hydrogen-bond donors (Lipinski definition) is 2. The third-order valence-corrected chi connectivity index (χ3v) is 7.23. The van der Waals surface area contributed by atoms with Gasteiger partial charge in [0.1, 0.15) is 16.8 Å². The van der Waals surface area contributed by atoms with E-state index in [0.29, 0.717) is 17.9 Å². The Morgan fingerprint density at radius 1 is 1.29 bits per heavy atom. The average Bonchev–Trinajstić information content (AvgIpc) is 3.02. The number of ether oxygens (including phenoxy) is 1. The second-order valence-electron chi connectivity index (χ2n) is 7.85. The summed E-state index contributed by atoms with van der Waals surface area (Å²) in [5.41, 5.74) is 3.52. The summed E-state index contributed by atoms with van der Waals surface area (Å²) in [4.78, 5) is 30.3. The Morgan fingerprint density at radius 3 is 2.82 bits per heavy atom. The van der Waals surface area contributed by atoms with Gasteiger partial charge in [0.05, 0.1) is 24.5 Å². The van der Waals surface area contributed by atoms with Crippen LogP contribution in [-0.4, -0.2) is 75.2 Å². The molecule has 0 saturated carbocycles. The molecule has 2 N–H and O–H groups in total. The number of hydrogen-bond acceptors (Lipinski definition) is 8. The van der Waals surface area contributed by atoms with Gasteiger partial charge in [-0.05, 0) is 30.3 Å². The molecule has 0 unspecified atom stereocenters. The fraction of sp³-hybridized carbons (Fsp3) is 0.381. The van der Waals surface area contributed by atoms with Crippen LogP contribution in [0, 0.1) is 5.82 Å². The van der Waals surface area contributed by atoms with E-state index in [0.717, 1.165) is 4.41 Å². The number of halogens is 1. The summed E-state index contributed by atoms with van der Waals surface area (Å²) in [5, 5.41) is 2.59. The van der Waals surface area contributed by atoms with Gasteiger partial charge in [0.25, 0.3) is 10.0 Å². The van der Waals surface area contributed by atoms with E-state index < -0.39 is 28.0 Å². The SMILES string of the molecule is CC(=O)NC[C@H]1CN(c2ccc(N3CCNN(S(=O)(=O)c4cccnc4)CC3)c(F)c2)C(=O)O1. The standard InChI is InChI=1S/C21H25FN6O5S/c1-15(29)24-12-17-14-27(21(30)33-17)16-4-5-20(19(22)11-16)26-8-7-25-28(10-9-26)34(31,32)18-3-2-6-23-13-18/h2-6,11,13,17,25H,7-10,12,14H2,1H3,(H,24,29)/t17-/m0/s1. The number of carbonyl (C=O) groups is 2. The lowest BCUT2D eigenvalue weighted by atomic mass is 10.2. The lowest BCUT2D eigenvalue weighted by Gasteiger charge is -2.24. The lowest BCUT2D eigenvalue weighted by molar-refractivity contribution is -0.119. The topological polar surface area (TPSA) is 124 Å². The number of anilines is 2. The van der Waals surface area contributed by atoms with Crippen LogP contribution in [0.4, 0.5) is 20.6 Å². The van der Waals surface area contributed by atoms with Crippen LogP contribution in [0.5, 0.6) is 0 Å². The second kappa shape index (κ2) is 9.91. The summed E-state index contributed by atoms with van der Waals surface area (Å²) < 4.78 is 47.1. The molecule has 0 bridgehead atoms. The minimum Gasteiger partial charge on any atom is -0.442 e. The van der Waals surface area contributed by atoms with E-state index in [1.54, 1.807) is 23.1 Å². The van der Waals surface area contributed by atoms with Crippen LogP contribution in [0.25, 0.3) is 0 Å².